The van der Waals surface area contributed by atoms with Crippen LogP contribution in [-0.2, 0) is 4.79 Å². The van der Waals surface area contributed by atoms with Gasteiger partial charge in [-0.3, -0.25) is 9.69 Å². The van der Waals surface area contributed by atoms with Gasteiger partial charge in [-0.1, -0.05) is 37.5 Å². The molecule has 0 aliphatic heterocycles. The smallest absolute Gasteiger partial charge is 0.241 e. The van der Waals surface area contributed by atoms with Crippen LogP contribution in [-0.4, -0.2) is 36.5 Å². The molecule has 1 aromatic carbocycles. The first-order chi connectivity index (χ1) is 12.3. The van der Waals surface area contributed by atoms with Gasteiger partial charge in [-0.25, -0.2) is 0 Å². The summed E-state index contributed by atoms with van der Waals surface area (Å²) in [6, 6.07) is 12.5. The van der Waals surface area contributed by atoms with Crippen molar-refractivity contribution in [1.82, 2.24) is 4.90 Å². The monoisotopic (exact) mass is 339 g/mol. The van der Waals surface area contributed by atoms with Crippen molar-refractivity contribution in [2.75, 3.05) is 24.5 Å². The molecule has 0 radical (unpaired) electrons. The number of amides is 1. The Balaban J connectivity index is 1.64. The molecule has 2 aliphatic carbocycles. The predicted molar refractivity (Wildman–Crippen MR) is 100 cm³/mol. The molecular weight excluding hydrogens is 310 g/mol. The highest BCUT2D eigenvalue weighted by atomic mass is 16.2. The van der Waals surface area contributed by atoms with Crippen LogP contribution in [0.4, 0.5) is 5.69 Å². The van der Waals surface area contributed by atoms with Crippen LogP contribution < -0.4 is 4.90 Å². The molecule has 1 aromatic rings. The van der Waals surface area contributed by atoms with E-state index in [1.165, 1.54) is 44.9 Å². The van der Waals surface area contributed by atoms with Crippen LogP contribution in [0.5, 0.6) is 0 Å². The number of anilines is 1. The Morgan fingerprint density at radius 3 is 2.44 bits per heavy atom. The van der Waals surface area contributed by atoms with E-state index in [1.807, 2.05) is 30.3 Å². The van der Waals surface area contributed by atoms with Gasteiger partial charge in [-0.15, -0.1) is 0 Å². The van der Waals surface area contributed by atoms with Crippen LogP contribution in [0.1, 0.15) is 51.4 Å². The lowest BCUT2D eigenvalue weighted by Crippen LogP contribution is -2.43. The zero-order chi connectivity index (χ0) is 17.5. The van der Waals surface area contributed by atoms with Crippen molar-refractivity contribution in [1.29, 1.82) is 5.26 Å². The Kier molecular flexibility index (Phi) is 6.47. The Hall–Kier alpha value is -1.86. The predicted octanol–water partition coefficient (Wildman–Crippen LogP) is 3.98. The van der Waals surface area contributed by atoms with Gasteiger partial charge < -0.3 is 4.90 Å². The van der Waals surface area contributed by atoms with Crippen LogP contribution in [0.15, 0.2) is 30.3 Å². The maximum atomic E-state index is 13.0. The first-order valence-corrected chi connectivity index (χ1v) is 9.74. The summed E-state index contributed by atoms with van der Waals surface area (Å²) in [5.41, 5.74) is 0.899. The third-order valence-corrected chi connectivity index (χ3v) is 5.44. The molecule has 134 valence electrons. The van der Waals surface area contributed by atoms with E-state index in [4.69, 9.17) is 5.26 Å². The summed E-state index contributed by atoms with van der Waals surface area (Å²) in [4.78, 5) is 17.2. The van der Waals surface area contributed by atoms with E-state index < -0.39 is 0 Å². The standard InChI is InChI=1S/C21H29N3O/c22-14-7-15-24(20-10-5-2-6-11-20)21(25)17-23(19-12-13-19)16-18-8-3-1-4-9-18/h2,5-6,10-11,18-19H,1,3-4,7-9,12-13,15-17H2. The molecule has 0 aromatic heterocycles. The lowest BCUT2D eigenvalue weighted by atomic mass is 9.89. The number of carbonyl (C=O) groups excluding carboxylic acids is 1. The van der Waals surface area contributed by atoms with E-state index in [9.17, 15) is 4.79 Å². The third kappa shape index (κ3) is 5.31. The SMILES string of the molecule is N#CCCN(C(=O)CN(CC1CCCCC1)C1CC1)c1ccccc1. The molecule has 0 N–H and O–H groups in total. The summed E-state index contributed by atoms with van der Waals surface area (Å²) >= 11 is 0. The first-order valence-electron chi connectivity index (χ1n) is 9.74. The first kappa shape index (κ1) is 17.9. The molecular formula is C21H29N3O. The minimum atomic E-state index is 0.129. The summed E-state index contributed by atoms with van der Waals surface area (Å²) in [7, 11) is 0. The highest BCUT2D eigenvalue weighted by Crippen LogP contribution is 2.31. The van der Waals surface area contributed by atoms with E-state index in [-0.39, 0.29) is 5.91 Å². The Morgan fingerprint density at radius 2 is 1.80 bits per heavy atom. The Labute approximate surface area is 151 Å². The Bertz CT molecular complexity index is 585. The average Bonchev–Trinajstić information content (AvgIpc) is 3.48. The highest BCUT2D eigenvalue weighted by Gasteiger charge is 2.33. The molecule has 3 rings (SSSR count). The van der Waals surface area contributed by atoms with Crippen LogP contribution in [0.3, 0.4) is 0 Å². The van der Waals surface area contributed by atoms with Gasteiger partial charge in [-0.05, 0) is 43.7 Å². The number of para-hydroxylation sites is 1. The van der Waals surface area contributed by atoms with Gasteiger partial charge >= 0.3 is 0 Å². The van der Waals surface area contributed by atoms with Crippen molar-refractivity contribution in [3.8, 4) is 6.07 Å². The second-order valence-electron chi connectivity index (χ2n) is 7.45. The minimum absolute atomic E-state index is 0.129. The van der Waals surface area contributed by atoms with Crippen molar-refractivity contribution in [3.63, 3.8) is 0 Å². The van der Waals surface area contributed by atoms with Gasteiger partial charge in [0.25, 0.3) is 0 Å². The fraction of sp³-hybridized carbons (Fsp3) is 0.619. The maximum absolute atomic E-state index is 13.0. The van der Waals surface area contributed by atoms with Crippen molar-refractivity contribution in [2.45, 2.75) is 57.4 Å². The lowest BCUT2D eigenvalue weighted by molar-refractivity contribution is -0.120. The molecule has 0 bridgehead atoms. The fourth-order valence-corrected chi connectivity index (χ4v) is 3.91. The van der Waals surface area contributed by atoms with Crippen LogP contribution in [0, 0.1) is 17.2 Å². The summed E-state index contributed by atoms with van der Waals surface area (Å²) in [5, 5.41) is 8.94. The van der Waals surface area contributed by atoms with E-state index in [0.717, 1.165) is 18.2 Å². The Morgan fingerprint density at radius 1 is 1.08 bits per heavy atom. The molecule has 0 heterocycles. The third-order valence-electron chi connectivity index (χ3n) is 5.44. The molecule has 0 unspecified atom stereocenters. The fourth-order valence-electron chi connectivity index (χ4n) is 3.91. The second-order valence-corrected chi connectivity index (χ2v) is 7.45. The van der Waals surface area contributed by atoms with Crippen molar-refractivity contribution >= 4 is 11.6 Å². The zero-order valence-corrected chi connectivity index (χ0v) is 15.1. The van der Waals surface area contributed by atoms with Crippen LogP contribution >= 0.6 is 0 Å². The summed E-state index contributed by atoms with van der Waals surface area (Å²) < 4.78 is 0. The number of nitriles is 1. The molecule has 0 spiro atoms. The summed E-state index contributed by atoms with van der Waals surface area (Å²) in [6.07, 6.45) is 9.50. The second kappa shape index (κ2) is 9.01. The highest BCUT2D eigenvalue weighted by molar-refractivity contribution is 5.94. The number of carbonyl (C=O) groups is 1. The molecule has 2 aliphatic rings. The summed E-state index contributed by atoms with van der Waals surface area (Å²) in [5.74, 6) is 0.885. The van der Waals surface area contributed by atoms with E-state index in [2.05, 4.69) is 11.0 Å². The molecule has 0 atom stereocenters. The number of hydrogen-bond donors (Lipinski definition) is 0. The molecule has 0 saturated heterocycles. The van der Waals surface area contributed by atoms with Gasteiger partial charge in [0.15, 0.2) is 0 Å². The molecule has 4 heteroatoms. The normalized spacial score (nSPS) is 18.1. The quantitative estimate of drug-likeness (QED) is 0.720. The lowest BCUT2D eigenvalue weighted by Gasteiger charge is -2.31. The minimum Gasteiger partial charge on any atom is -0.310 e. The largest absolute Gasteiger partial charge is 0.310 e. The average molecular weight is 339 g/mol. The molecule has 1 amide bonds. The van der Waals surface area contributed by atoms with Gasteiger partial charge in [0.2, 0.25) is 5.91 Å². The van der Waals surface area contributed by atoms with Gasteiger partial charge in [-0.2, -0.15) is 5.26 Å². The van der Waals surface area contributed by atoms with Crippen LogP contribution in [0.25, 0.3) is 0 Å². The number of rotatable bonds is 8. The van der Waals surface area contributed by atoms with Crippen molar-refractivity contribution in [2.24, 2.45) is 5.92 Å². The van der Waals surface area contributed by atoms with Crippen LogP contribution in [0.2, 0.25) is 0 Å². The summed E-state index contributed by atoms with van der Waals surface area (Å²) in [6.45, 7) is 2.03. The van der Waals surface area contributed by atoms with E-state index in [0.29, 0.717) is 25.6 Å². The molecule has 25 heavy (non-hydrogen) atoms. The van der Waals surface area contributed by atoms with E-state index >= 15 is 0 Å². The maximum Gasteiger partial charge on any atom is 0.241 e. The molecule has 2 saturated carbocycles. The van der Waals surface area contributed by atoms with Gasteiger partial charge in [0.1, 0.15) is 0 Å². The topological polar surface area (TPSA) is 47.3 Å². The van der Waals surface area contributed by atoms with Gasteiger partial charge in [0, 0.05) is 24.8 Å². The number of nitrogens with zero attached hydrogens (tertiary/aromatic N) is 3. The van der Waals surface area contributed by atoms with Crippen molar-refractivity contribution in [3.05, 3.63) is 30.3 Å². The zero-order valence-electron chi connectivity index (χ0n) is 15.1. The van der Waals surface area contributed by atoms with Gasteiger partial charge in [0.05, 0.1) is 19.0 Å². The number of benzene rings is 1. The van der Waals surface area contributed by atoms with E-state index in [1.54, 1.807) is 4.90 Å². The molecule has 2 fully saturated rings. The van der Waals surface area contributed by atoms with Crippen molar-refractivity contribution < 1.29 is 4.79 Å². The number of hydrogen-bond acceptors (Lipinski definition) is 3. The molecule has 4 nitrogen and oxygen atoms in total.